The van der Waals surface area contributed by atoms with Gasteiger partial charge in [-0.1, -0.05) is 72.8 Å². The fourth-order valence-electron chi connectivity index (χ4n) is 4.77. The van der Waals surface area contributed by atoms with Gasteiger partial charge in [0.15, 0.2) is 0 Å². The lowest BCUT2D eigenvalue weighted by Crippen LogP contribution is -2.40. The normalized spacial score (nSPS) is 29.3. The van der Waals surface area contributed by atoms with Gasteiger partial charge >= 0.3 is 5.97 Å². The number of carbonyl (C=O) groups is 2. The highest BCUT2D eigenvalue weighted by atomic mass is 16.6. The maximum atomic E-state index is 13.2. The van der Waals surface area contributed by atoms with Crippen molar-refractivity contribution < 1.29 is 19.1 Å². The number of fused-ring (bicyclic) bond motifs is 1. The number of ether oxygens (including phenoxy) is 2. The Morgan fingerprint density at radius 1 is 1.07 bits per heavy atom. The largest absolute Gasteiger partial charge is 0.460 e. The van der Waals surface area contributed by atoms with Gasteiger partial charge in [-0.3, -0.25) is 9.59 Å². The van der Waals surface area contributed by atoms with E-state index in [1.165, 1.54) is 5.56 Å². The summed E-state index contributed by atoms with van der Waals surface area (Å²) in [5.41, 5.74) is 1.43. The number of rotatable bonds is 6. The molecule has 1 unspecified atom stereocenters. The van der Waals surface area contributed by atoms with Crippen molar-refractivity contribution >= 4 is 11.9 Å². The van der Waals surface area contributed by atoms with Gasteiger partial charge in [-0.2, -0.15) is 0 Å². The molecule has 0 N–H and O–H groups in total. The summed E-state index contributed by atoms with van der Waals surface area (Å²) in [4.78, 5) is 27.9. The van der Waals surface area contributed by atoms with E-state index in [2.05, 4.69) is 12.1 Å². The topological polar surface area (TPSA) is 55.8 Å². The summed E-state index contributed by atoms with van der Waals surface area (Å²) < 4.78 is 11.7. The minimum absolute atomic E-state index is 0.00515. The Morgan fingerprint density at radius 2 is 1.76 bits per heavy atom. The van der Waals surface area contributed by atoms with Gasteiger partial charge < -0.3 is 14.4 Å². The zero-order valence-electron chi connectivity index (χ0n) is 16.1. The van der Waals surface area contributed by atoms with Crippen LogP contribution in [0.2, 0.25) is 0 Å². The van der Waals surface area contributed by atoms with Gasteiger partial charge in [-0.05, 0) is 17.5 Å². The van der Waals surface area contributed by atoms with Crippen molar-refractivity contribution in [2.45, 2.75) is 24.7 Å². The summed E-state index contributed by atoms with van der Waals surface area (Å²) in [5.74, 6) is -1.42. The minimum Gasteiger partial charge on any atom is -0.460 e. The molecule has 3 aliphatic rings. The lowest BCUT2D eigenvalue weighted by Gasteiger charge is -2.22. The molecular weight excluding hydrogens is 366 g/mol. The molecule has 5 rings (SSSR count). The Bertz CT molecular complexity index is 942. The molecule has 5 heteroatoms. The third-order valence-electron chi connectivity index (χ3n) is 6.19. The van der Waals surface area contributed by atoms with Gasteiger partial charge in [-0.25, -0.2) is 0 Å². The fourth-order valence-corrected chi connectivity index (χ4v) is 4.77. The number of benzene rings is 2. The third-order valence-corrected chi connectivity index (χ3v) is 6.19. The second-order valence-corrected chi connectivity index (χ2v) is 7.99. The standard InChI is InChI=1S/C24H23NO4/c26-22-21-20(23(27)28-15-18-9-5-2-6-10-18)19-11-13-24(21,29-19)16-25(22)14-12-17-7-3-1-4-8-17/h1-11,13,19-21H,12,14-16H2/t19-,20?,21+,24-/m1/s1. The van der Waals surface area contributed by atoms with Crippen LogP contribution in [0.25, 0.3) is 0 Å². The van der Waals surface area contributed by atoms with Crippen LogP contribution in [0.1, 0.15) is 11.1 Å². The van der Waals surface area contributed by atoms with Gasteiger partial charge in [0.2, 0.25) is 5.91 Å². The Kier molecular flexibility index (Phi) is 4.47. The van der Waals surface area contributed by atoms with Crippen molar-refractivity contribution in [2.24, 2.45) is 11.8 Å². The van der Waals surface area contributed by atoms with Crippen molar-refractivity contribution in [1.29, 1.82) is 0 Å². The van der Waals surface area contributed by atoms with Gasteiger partial charge in [-0.15, -0.1) is 0 Å². The molecule has 3 heterocycles. The molecule has 3 aliphatic heterocycles. The molecule has 2 saturated heterocycles. The van der Waals surface area contributed by atoms with Crippen LogP contribution in [-0.2, 0) is 32.1 Å². The zero-order valence-corrected chi connectivity index (χ0v) is 16.1. The fraction of sp³-hybridized carbons (Fsp3) is 0.333. The second kappa shape index (κ2) is 7.16. The quantitative estimate of drug-likeness (QED) is 0.563. The molecule has 2 bridgehead atoms. The molecule has 0 aliphatic carbocycles. The number of nitrogens with zero attached hydrogens (tertiary/aromatic N) is 1. The molecule has 4 atom stereocenters. The van der Waals surface area contributed by atoms with Crippen LogP contribution >= 0.6 is 0 Å². The summed E-state index contributed by atoms with van der Waals surface area (Å²) >= 11 is 0. The van der Waals surface area contributed by atoms with E-state index in [1.807, 2.05) is 65.6 Å². The Balaban J connectivity index is 1.28. The predicted octanol–water partition coefficient (Wildman–Crippen LogP) is 2.75. The maximum Gasteiger partial charge on any atom is 0.313 e. The van der Waals surface area contributed by atoms with Gasteiger partial charge in [0.1, 0.15) is 18.1 Å². The van der Waals surface area contributed by atoms with E-state index in [-0.39, 0.29) is 24.6 Å². The number of carbonyl (C=O) groups excluding carboxylic acids is 2. The summed E-state index contributed by atoms with van der Waals surface area (Å²) in [7, 11) is 0. The van der Waals surface area contributed by atoms with Crippen LogP contribution in [0.15, 0.2) is 72.8 Å². The van der Waals surface area contributed by atoms with E-state index in [0.29, 0.717) is 13.1 Å². The van der Waals surface area contributed by atoms with Crippen molar-refractivity contribution in [3.63, 3.8) is 0 Å². The number of hydrogen-bond donors (Lipinski definition) is 0. The molecule has 5 nitrogen and oxygen atoms in total. The molecule has 0 saturated carbocycles. The zero-order chi connectivity index (χ0) is 19.8. The second-order valence-electron chi connectivity index (χ2n) is 7.99. The van der Waals surface area contributed by atoms with Gasteiger partial charge in [0.05, 0.1) is 18.6 Å². The summed E-state index contributed by atoms with van der Waals surface area (Å²) in [5, 5.41) is 0. The van der Waals surface area contributed by atoms with Crippen LogP contribution < -0.4 is 0 Å². The smallest absolute Gasteiger partial charge is 0.313 e. The molecule has 148 valence electrons. The van der Waals surface area contributed by atoms with Crippen molar-refractivity contribution in [2.75, 3.05) is 13.1 Å². The third kappa shape index (κ3) is 3.15. The number of hydrogen-bond acceptors (Lipinski definition) is 4. The van der Waals surface area contributed by atoms with E-state index < -0.39 is 17.4 Å². The Hall–Kier alpha value is -2.92. The molecular formula is C24H23NO4. The van der Waals surface area contributed by atoms with Gasteiger partial charge in [0, 0.05) is 6.54 Å². The van der Waals surface area contributed by atoms with E-state index in [4.69, 9.17) is 9.47 Å². The molecule has 1 amide bonds. The predicted molar refractivity (Wildman–Crippen MR) is 107 cm³/mol. The average molecular weight is 389 g/mol. The lowest BCUT2D eigenvalue weighted by molar-refractivity contribution is -0.155. The highest BCUT2D eigenvalue weighted by Crippen LogP contribution is 2.52. The van der Waals surface area contributed by atoms with E-state index >= 15 is 0 Å². The van der Waals surface area contributed by atoms with Gasteiger partial charge in [0.25, 0.3) is 0 Å². The van der Waals surface area contributed by atoms with E-state index in [0.717, 1.165) is 12.0 Å². The van der Waals surface area contributed by atoms with Crippen LogP contribution in [0.5, 0.6) is 0 Å². The first-order valence-corrected chi connectivity index (χ1v) is 10.1. The Morgan fingerprint density at radius 3 is 2.48 bits per heavy atom. The summed E-state index contributed by atoms with van der Waals surface area (Å²) in [6, 6.07) is 19.7. The summed E-state index contributed by atoms with van der Waals surface area (Å²) in [6.45, 7) is 1.33. The maximum absolute atomic E-state index is 13.2. The van der Waals surface area contributed by atoms with Crippen LogP contribution in [0.4, 0.5) is 0 Å². The molecule has 2 fully saturated rings. The van der Waals surface area contributed by atoms with E-state index in [9.17, 15) is 9.59 Å². The number of likely N-dealkylation sites (tertiary alicyclic amines) is 1. The highest BCUT2D eigenvalue weighted by molar-refractivity contribution is 5.91. The molecule has 1 spiro atoms. The first-order chi connectivity index (χ1) is 14.2. The molecule has 0 radical (unpaired) electrons. The molecule has 2 aromatic rings. The van der Waals surface area contributed by atoms with E-state index in [1.54, 1.807) is 0 Å². The Labute approximate surface area is 169 Å². The molecule has 2 aromatic carbocycles. The first-order valence-electron chi connectivity index (χ1n) is 10.1. The van der Waals surface area contributed by atoms with Crippen molar-refractivity contribution in [3.8, 4) is 0 Å². The van der Waals surface area contributed by atoms with Crippen LogP contribution in [-0.4, -0.2) is 41.6 Å². The number of amides is 1. The minimum atomic E-state index is -0.686. The monoisotopic (exact) mass is 389 g/mol. The molecule has 0 aromatic heterocycles. The first kappa shape index (κ1) is 18.1. The highest BCUT2D eigenvalue weighted by Gasteiger charge is 2.67. The van der Waals surface area contributed by atoms with Crippen LogP contribution in [0.3, 0.4) is 0 Å². The van der Waals surface area contributed by atoms with Crippen molar-refractivity contribution in [3.05, 3.63) is 83.9 Å². The lowest BCUT2D eigenvalue weighted by atomic mass is 9.77. The SMILES string of the molecule is O=C(OCc1ccccc1)C1[C@H]2C(=O)N(CCc3ccccc3)C[C@]23C=C[C@H]1O3. The molecule has 29 heavy (non-hydrogen) atoms. The van der Waals surface area contributed by atoms with Crippen molar-refractivity contribution in [1.82, 2.24) is 4.90 Å². The number of esters is 1. The van der Waals surface area contributed by atoms with Crippen LogP contribution in [0, 0.1) is 11.8 Å². The average Bonchev–Trinajstić information content (AvgIpc) is 3.40. The summed E-state index contributed by atoms with van der Waals surface area (Å²) in [6.07, 6.45) is 4.30.